The normalized spacial score (nSPS) is 11.5. The average molecular weight is 539 g/mol. The average Bonchev–Trinajstić information content (AvgIpc) is 3.69. The first-order valence-electron chi connectivity index (χ1n) is 12.7. The fourth-order valence-corrected chi connectivity index (χ4v) is 4.96. The summed E-state index contributed by atoms with van der Waals surface area (Å²) in [7, 11) is 0. The zero-order valence-electron chi connectivity index (χ0n) is 21.5. The van der Waals surface area contributed by atoms with Crippen LogP contribution in [-0.2, 0) is 13.1 Å². The second-order valence-electron chi connectivity index (χ2n) is 9.42. The van der Waals surface area contributed by atoms with Gasteiger partial charge in [0.25, 0.3) is 5.91 Å². The molecule has 0 aliphatic carbocycles. The van der Waals surface area contributed by atoms with E-state index in [0.29, 0.717) is 28.8 Å². The molecule has 9 nitrogen and oxygen atoms in total. The minimum atomic E-state index is -0.259. The third kappa shape index (κ3) is 4.78. The standard InChI is InChI=1S/C29H27ClN8O/c1-3-31-10-18-11-32-14-23(16(18)2)17-4-6-25-22(8-17)27(38-37-25)28-34-15-26(36-28)29(39)35-13-19-12-33-24-7-5-20(30)9-21(19)24/h4-9,11-12,14-15,31,33H,3,10,13H2,1-2H3,(H,34,36)(H,35,39)(H,37,38). The van der Waals surface area contributed by atoms with Crippen LogP contribution in [0.15, 0.2) is 61.2 Å². The van der Waals surface area contributed by atoms with Crippen LogP contribution >= 0.6 is 11.6 Å². The van der Waals surface area contributed by atoms with Crippen molar-refractivity contribution in [2.45, 2.75) is 26.9 Å². The van der Waals surface area contributed by atoms with Gasteiger partial charge < -0.3 is 20.6 Å². The number of hydrogen-bond acceptors (Lipinski definition) is 5. The Kier molecular flexibility index (Phi) is 6.60. The summed E-state index contributed by atoms with van der Waals surface area (Å²) < 4.78 is 0. The van der Waals surface area contributed by atoms with Crippen molar-refractivity contribution in [3.05, 3.63) is 88.6 Å². The molecule has 1 amide bonds. The lowest BCUT2D eigenvalue weighted by Crippen LogP contribution is -2.23. The largest absolute Gasteiger partial charge is 0.361 e. The van der Waals surface area contributed by atoms with Gasteiger partial charge in [-0.3, -0.25) is 14.9 Å². The third-order valence-electron chi connectivity index (χ3n) is 6.97. The highest BCUT2D eigenvalue weighted by atomic mass is 35.5. The van der Waals surface area contributed by atoms with Crippen LogP contribution in [0.3, 0.4) is 0 Å². The zero-order valence-corrected chi connectivity index (χ0v) is 22.3. The Morgan fingerprint density at radius 3 is 2.74 bits per heavy atom. The van der Waals surface area contributed by atoms with E-state index in [9.17, 15) is 4.79 Å². The number of aromatic amines is 3. The van der Waals surface area contributed by atoms with Crippen LogP contribution in [0, 0.1) is 6.92 Å². The molecule has 196 valence electrons. The van der Waals surface area contributed by atoms with E-state index < -0.39 is 0 Å². The molecule has 0 saturated carbocycles. The summed E-state index contributed by atoms with van der Waals surface area (Å²) in [5.74, 6) is 0.253. The molecule has 5 N–H and O–H groups in total. The summed E-state index contributed by atoms with van der Waals surface area (Å²) in [6.45, 7) is 6.22. The number of nitrogens with one attached hydrogen (secondary N) is 5. The highest BCUT2D eigenvalue weighted by Crippen LogP contribution is 2.31. The number of carbonyl (C=O) groups is 1. The van der Waals surface area contributed by atoms with Crippen LogP contribution in [0.4, 0.5) is 0 Å². The first-order valence-corrected chi connectivity index (χ1v) is 13.1. The Balaban J connectivity index is 1.24. The number of aromatic nitrogens is 6. The van der Waals surface area contributed by atoms with E-state index in [2.05, 4.69) is 66.7 Å². The van der Waals surface area contributed by atoms with Gasteiger partial charge in [-0.25, -0.2) is 4.98 Å². The van der Waals surface area contributed by atoms with Crippen molar-refractivity contribution in [3.8, 4) is 22.6 Å². The number of carbonyl (C=O) groups excluding carboxylic acids is 1. The maximum absolute atomic E-state index is 12.9. The van der Waals surface area contributed by atoms with E-state index in [1.165, 1.54) is 17.3 Å². The topological polar surface area (TPSA) is 127 Å². The molecule has 6 rings (SSSR count). The molecule has 0 unspecified atom stereocenters. The van der Waals surface area contributed by atoms with E-state index in [-0.39, 0.29) is 5.91 Å². The van der Waals surface area contributed by atoms with E-state index in [1.807, 2.05) is 42.9 Å². The fraction of sp³-hybridized carbons (Fsp3) is 0.172. The van der Waals surface area contributed by atoms with Crippen molar-refractivity contribution in [1.29, 1.82) is 0 Å². The van der Waals surface area contributed by atoms with Crippen LogP contribution < -0.4 is 10.6 Å². The van der Waals surface area contributed by atoms with E-state index in [1.54, 1.807) is 0 Å². The van der Waals surface area contributed by atoms with Crippen molar-refractivity contribution < 1.29 is 4.79 Å². The Hall–Kier alpha value is -4.47. The quantitative estimate of drug-likeness (QED) is 0.175. The molecular formula is C29H27ClN8O. The van der Waals surface area contributed by atoms with Crippen LogP contribution in [-0.4, -0.2) is 42.6 Å². The number of fused-ring (bicyclic) bond motifs is 2. The summed E-state index contributed by atoms with van der Waals surface area (Å²) >= 11 is 6.15. The Bertz CT molecular complexity index is 1820. The van der Waals surface area contributed by atoms with Crippen LogP contribution in [0.25, 0.3) is 44.5 Å². The number of amides is 1. The smallest absolute Gasteiger partial charge is 0.269 e. The molecule has 39 heavy (non-hydrogen) atoms. The van der Waals surface area contributed by atoms with Crippen molar-refractivity contribution in [2.75, 3.05) is 6.54 Å². The Labute approximate surface area is 229 Å². The van der Waals surface area contributed by atoms with Gasteiger partial charge in [0.2, 0.25) is 0 Å². The van der Waals surface area contributed by atoms with E-state index in [0.717, 1.165) is 51.6 Å². The molecule has 4 heterocycles. The number of rotatable bonds is 8. The van der Waals surface area contributed by atoms with Gasteiger partial charge in [-0.1, -0.05) is 24.6 Å². The Morgan fingerprint density at radius 2 is 1.87 bits per heavy atom. The van der Waals surface area contributed by atoms with Crippen LogP contribution in [0.5, 0.6) is 0 Å². The van der Waals surface area contributed by atoms with Crippen LogP contribution in [0.2, 0.25) is 5.02 Å². The second kappa shape index (κ2) is 10.4. The minimum absolute atomic E-state index is 0.259. The van der Waals surface area contributed by atoms with Gasteiger partial charge in [-0.15, -0.1) is 0 Å². The number of benzene rings is 2. The molecule has 0 atom stereocenters. The number of nitrogens with zero attached hydrogens (tertiary/aromatic N) is 3. The molecule has 10 heteroatoms. The molecule has 6 aromatic rings. The monoisotopic (exact) mass is 538 g/mol. The molecular weight excluding hydrogens is 512 g/mol. The van der Waals surface area contributed by atoms with Gasteiger partial charge in [-0.2, -0.15) is 5.10 Å². The van der Waals surface area contributed by atoms with Gasteiger partial charge in [0.15, 0.2) is 5.82 Å². The lowest BCUT2D eigenvalue weighted by atomic mass is 9.98. The summed E-state index contributed by atoms with van der Waals surface area (Å²) in [4.78, 5) is 28.2. The Morgan fingerprint density at radius 1 is 1.00 bits per heavy atom. The van der Waals surface area contributed by atoms with Gasteiger partial charge in [0.1, 0.15) is 11.4 Å². The molecule has 0 radical (unpaired) electrons. The van der Waals surface area contributed by atoms with Crippen LogP contribution in [0.1, 0.15) is 34.1 Å². The maximum atomic E-state index is 12.9. The van der Waals surface area contributed by atoms with Gasteiger partial charge in [0, 0.05) is 58.6 Å². The van der Waals surface area contributed by atoms with Gasteiger partial charge >= 0.3 is 0 Å². The SMILES string of the molecule is CCNCc1cncc(-c2ccc3[nH]nc(-c4ncc(C(=O)NCc5c[nH]c6ccc(Cl)cc56)[nH]4)c3c2)c1C. The predicted octanol–water partition coefficient (Wildman–Crippen LogP) is 5.50. The fourth-order valence-electron chi connectivity index (χ4n) is 4.78. The van der Waals surface area contributed by atoms with Crippen molar-refractivity contribution in [2.24, 2.45) is 0 Å². The lowest BCUT2D eigenvalue weighted by Gasteiger charge is -2.11. The number of H-pyrrole nitrogens is 3. The van der Waals surface area contributed by atoms with E-state index in [4.69, 9.17) is 11.6 Å². The first-order chi connectivity index (χ1) is 19.0. The summed E-state index contributed by atoms with van der Waals surface area (Å²) in [5.41, 5.74) is 8.25. The predicted molar refractivity (Wildman–Crippen MR) is 154 cm³/mol. The molecule has 0 aliphatic rings. The molecule has 0 saturated heterocycles. The maximum Gasteiger partial charge on any atom is 0.269 e. The summed E-state index contributed by atoms with van der Waals surface area (Å²) in [6, 6.07) is 11.8. The molecule has 0 bridgehead atoms. The van der Waals surface area contributed by atoms with Crippen molar-refractivity contribution in [1.82, 2.24) is 40.8 Å². The molecule has 0 fully saturated rings. The number of imidazole rings is 1. The number of hydrogen-bond donors (Lipinski definition) is 5. The summed E-state index contributed by atoms with van der Waals surface area (Å²) in [6.07, 6.45) is 7.20. The molecule has 2 aromatic carbocycles. The van der Waals surface area contributed by atoms with Crippen molar-refractivity contribution >= 4 is 39.3 Å². The highest BCUT2D eigenvalue weighted by Gasteiger charge is 2.17. The third-order valence-corrected chi connectivity index (χ3v) is 7.21. The number of halogens is 1. The first kappa shape index (κ1) is 24.8. The van der Waals surface area contributed by atoms with Gasteiger partial charge in [-0.05, 0) is 66.1 Å². The highest BCUT2D eigenvalue weighted by molar-refractivity contribution is 6.31. The minimum Gasteiger partial charge on any atom is -0.361 e. The zero-order chi connectivity index (χ0) is 26.9. The molecule has 0 aliphatic heterocycles. The molecule has 4 aromatic heterocycles. The number of pyridine rings is 1. The summed E-state index contributed by atoms with van der Waals surface area (Å²) in [5, 5.41) is 16.4. The van der Waals surface area contributed by atoms with Gasteiger partial charge in [0.05, 0.1) is 11.7 Å². The van der Waals surface area contributed by atoms with Crippen molar-refractivity contribution in [3.63, 3.8) is 0 Å². The van der Waals surface area contributed by atoms with E-state index >= 15 is 0 Å². The molecule has 0 spiro atoms. The second-order valence-corrected chi connectivity index (χ2v) is 9.85. The lowest BCUT2D eigenvalue weighted by molar-refractivity contribution is 0.0946.